The molecule has 0 heterocycles. The van der Waals surface area contributed by atoms with Crippen molar-refractivity contribution in [1.82, 2.24) is 9.03 Å². The van der Waals surface area contributed by atoms with Gasteiger partial charge in [0.1, 0.15) is 0 Å². The Morgan fingerprint density at radius 1 is 1.40 bits per heavy atom. The molecule has 0 unspecified atom stereocenters. The zero-order chi connectivity index (χ0) is 15.2. The molecule has 1 fully saturated rings. The molecule has 0 saturated heterocycles. The number of hydrogen-bond donors (Lipinski definition) is 2. The van der Waals surface area contributed by atoms with Crippen LogP contribution in [-0.4, -0.2) is 52.1 Å². The predicted octanol–water partition coefficient (Wildman–Crippen LogP) is 0.697. The summed E-state index contributed by atoms with van der Waals surface area (Å²) in [5.41, 5.74) is 5.48. The van der Waals surface area contributed by atoms with E-state index in [9.17, 15) is 8.42 Å². The first-order chi connectivity index (χ1) is 9.41. The van der Waals surface area contributed by atoms with Crippen LogP contribution in [0.5, 0.6) is 0 Å². The monoisotopic (exact) mass is 307 g/mol. The summed E-state index contributed by atoms with van der Waals surface area (Å²) in [6.07, 6.45) is 4.92. The molecule has 0 radical (unpaired) electrons. The number of ether oxygens (including phenoxy) is 1. The summed E-state index contributed by atoms with van der Waals surface area (Å²) in [7, 11) is -0.323. The molecule has 120 valence electrons. The number of nitrogens with zero attached hydrogens (tertiary/aromatic N) is 1. The lowest BCUT2D eigenvalue weighted by Crippen LogP contribution is -2.58. The Balaban J connectivity index is 2.73. The maximum Gasteiger partial charge on any atom is 0.279 e. The molecule has 3 N–H and O–H groups in total. The zero-order valence-corrected chi connectivity index (χ0v) is 13.7. The molecule has 0 amide bonds. The summed E-state index contributed by atoms with van der Waals surface area (Å²) in [4.78, 5) is 0. The second kappa shape index (κ2) is 7.70. The fourth-order valence-corrected chi connectivity index (χ4v) is 4.20. The summed E-state index contributed by atoms with van der Waals surface area (Å²) in [5, 5.41) is 0. The van der Waals surface area contributed by atoms with E-state index < -0.39 is 15.7 Å². The Bertz CT molecular complexity index is 378. The van der Waals surface area contributed by atoms with Gasteiger partial charge in [0, 0.05) is 32.8 Å². The van der Waals surface area contributed by atoms with Crippen molar-refractivity contribution in [3.63, 3.8) is 0 Å². The summed E-state index contributed by atoms with van der Waals surface area (Å²) in [6.45, 7) is 3.19. The molecular weight excluding hydrogens is 278 g/mol. The van der Waals surface area contributed by atoms with E-state index in [-0.39, 0.29) is 6.54 Å². The predicted molar refractivity (Wildman–Crippen MR) is 80.6 cm³/mol. The number of rotatable bonds is 8. The first-order valence-electron chi connectivity index (χ1n) is 7.34. The highest BCUT2D eigenvalue weighted by Gasteiger charge is 2.42. The average Bonchev–Trinajstić information content (AvgIpc) is 2.46. The van der Waals surface area contributed by atoms with E-state index in [2.05, 4.69) is 11.6 Å². The first kappa shape index (κ1) is 17.8. The quantitative estimate of drug-likeness (QED) is 0.646. The van der Waals surface area contributed by atoms with E-state index in [1.165, 1.54) is 4.31 Å². The van der Waals surface area contributed by atoms with Gasteiger partial charge in [0.15, 0.2) is 0 Å². The Morgan fingerprint density at radius 3 is 2.45 bits per heavy atom. The molecule has 0 aromatic rings. The SMILES string of the molecule is CCC1CCC(CN)(N(C)S(=O)(=O)NCCOC)CC1. The molecular formula is C13H29N3O3S. The van der Waals surface area contributed by atoms with Gasteiger partial charge in [-0.3, -0.25) is 0 Å². The molecule has 1 aliphatic rings. The molecule has 0 spiro atoms. The Morgan fingerprint density at radius 2 is 2.00 bits per heavy atom. The van der Waals surface area contributed by atoms with Crippen molar-refractivity contribution in [3.05, 3.63) is 0 Å². The van der Waals surface area contributed by atoms with Gasteiger partial charge in [-0.05, 0) is 31.6 Å². The summed E-state index contributed by atoms with van der Waals surface area (Å²) in [6, 6.07) is 0. The number of nitrogens with one attached hydrogen (secondary N) is 1. The molecule has 0 aromatic heterocycles. The molecule has 0 aliphatic heterocycles. The van der Waals surface area contributed by atoms with Gasteiger partial charge in [0.2, 0.25) is 0 Å². The lowest BCUT2D eigenvalue weighted by atomic mass is 9.75. The minimum atomic E-state index is -3.50. The average molecular weight is 307 g/mol. The molecule has 1 aliphatic carbocycles. The van der Waals surface area contributed by atoms with Gasteiger partial charge in [-0.1, -0.05) is 13.3 Å². The third kappa shape index (κ3) is 4.14. The summed E-state index contributed by atoms with van der Waals surface area (Å²) < 4.78 is 33.5. The number of methoxy groups -OCH3 is 1. The third-order valence-electron chi connectivity index (χ3n) is 4.61. The van der Waals surface area contributed by atoms with Crippen molar-refractivity contribution in [2.45, 2.75) is 44.6 Å². The van der Waals surface area contributed by atoms with Crippen molar-refractivity contribution in [2.75, 3.05) is 33.9 Å². The van der Waals surface area contributed by atoms with Crippen LogP contribution in [0.25, 0.3) is 0 Å². The fourth-order valence-electron chi connectivity index (χ4n) is 2.90. The van der Waals surface area contributed by atoms with Crippen LogP contribution in [0.15, 0.2) is 0 Å². The van der Waals surface area contributed by atoms with Crippen molar-refractivity contribution in [2.24, 2.45) is 11.7 Å². The van der Waals surface area contributed by atoms with E-state index in [1.807, 2.05) is 0 Å². The standard InChI is InChI=1S/C13H29N3O3S/c1-4-12-5-7-13(11-14,8-6-12)16(2)20(17,18)15-9-10-19-3/h12,15H,4-11,14H2,1-3H3. The van der Waals surface area contributed by atoms with Crippen LogP contribution in [0.4, 0.5) is 0 Å². The van der Waals surface area contributed by atoms with Gasteiger partial charge in [-0.25, -0.2) is 0 Å². The zero-order valence-electron chi connectivity index (χ0n) is 12.9. The molecule has 0 bridgehead atoms. The maximum atomic E-state index is 12.3. The molecule has 6 nitrogen and oxygen atoms in total. The van der Waals surface area contributed by atoms with E-state index in [0.29, 0.717) is 19.1 Å². The van der Waals surface area contributed by atoms with E-state index in [4.69, 9.17) is 10.5 Å². The largest absolute Gasteiger partial charge is 0.383 e. The fraction of sp³-hybridized carbons (Fsp3) is 1.00. The highest BCUT2D eigenvalue weighted by Crippen LogP contribution is 2.37. The molecule has 7 heteroatoms. The molecule has 0 atom stereocenters. The van der Waals surface area contributed by atoms with Crippen LogP contribution in [0, 0.1) is 5.92 Å². The highest BCUT2D eigenvalue weighted by atomic mass is 32.2. The van der Waals surface area contributed by atoms with Gasteiger partial charge in [0.25, 0.3) is 10.2 Å². The minimum Gasteiger partial charge on any atom is -0.383 e. The number of nitrogens with two attached hydrogens (primary N) is 1. The molecule has 1 rings (SSSR count). The van der Waals surface area contributed by atoms with E-state index in [0.717, 1.165) is 32.1 Å². The summed E-state index contributed by atoms with van der Waals surface area (Å²) >= 11 is 0. The lowest BCUT2D eigenvalue weighted by Gasteiger charge is -2.44. The van der Waals surface area contributed by atoms with Crippen LogP contribution < -0.4 is 10.5 Å². The molecule has 20 heavy (non-hydrogen) atoms. The summed E-state index contributed by atoms with van der Waals surface area (Å²) in [5.74, 6) is 0.701. The normalized spacial score (nSPS) is 27.9. The Labute approximate surface area is 123 Å². The van der Waals surface area contributed by atoms with Crippen LogP contribution in [-0.2, 0) is 14.9 Å². The van der Waals surface area contributed by atoms with E-state index in [1.54, 1.807) is 14.2 Å². The van der Waals surface area contributed by atoms with Crippen LogP contribution in [0.1, 0.15) is 39.0 Å². The first-order valence-corrected chi connectivity index (χ1v) is 8.78. The van der Waals surface area contributed by atoms with Crippen molar-refractivity contribution >= 4 is 10.2 Å². The van der Waals surface area contributed by atoms with Crippen LogP contribution in [0.3, 0.4) is 0 Å². The number of likely N-dealkylation sites (N-methyl/N-ethyl adjacent to an activating group) is 1. The maximum absolute atomic E-state index is 12.3. The van der Waals surface area contributed by atoms with Gasteiger partial charge >= 0.3 is 0 Å². The second-order valence-electron chi connectivity index (χ2n) is 5.64. The van der Waals surface area contributed by atoms with Gasteiger partial charge in [-0.2, -0.15) is 17.4 Å². The van der Waals surface area contributed by atoms with Crippen molar-refractivity contribution in [3.8, 4) is 0 Å². The van der Waals surface area contributed by atoms with Crippen LogP contribution in [0.2, 0.25) is 0 Å². The topological polar surface area (TPSA) is 84.7 Å². The second-order valence-corrected chi connectivity index (χ2v) is 7.43. The lowest BCUT2D eigenvalue weighted by molar-refractivity contribution is 0.127. The van der Waals surface area contributed by atoms with Gasteiger partial charge in [-0.15, -0.1) is 0 Å². The third-order valence-corrected chi connectivity index (χ3v) is 6.29. The molecule has 0 aromatic carbocycles. The van der Waals surface area contributed by atoms with Gasteiger partial charge in [0.05, 0.1) is 6.61 Å². The Hall–Kier alpha value is -0.210. The molecule has 1 saturated carbocycles. The van der Waals surface area contributed by atoms with Crippen molar-refractivity contribution in [1.29, 1.82) is 0 Å². The highest BCUT2D eigenvalue weighted by molar-refractivity contribution is 7.87. The van der Waals surface area contributed by atoms with Crippen molar-refractivity contribution < 1.29 is 13.2 Å². The van der Waals surface area contributed by atoms with Gasteiger partial charge < -0.3 is 10.5 Å². The number of hydrogen-bond acceptors (Lipinski definition) is 4. The Kier molecular flexibility index (Phi) is 6.87. The minimum absolute atomic E-state index is 0.279. The van der Waals surface area contributed by atoms with E-state index >= 15 is 0 Å². The van der Waals surface area contributed by atoms with Crippen LogP contribution >= 0.6 is 0 Å². The smallest absolute Gasteiger partial charge is 0.279 e.